The van der Waals surface area contributed by atoms with Gasteiger partial charge in [-0.2, -0.15) is 0 Å². The predicted molar refractivity (Wildman–Crippen MR) is 128 cm³/mol. The lowest BCUT2D eigenvalue weighted by Crippen LogP contribution is -2.31. The number of nitrogens with one attached hydrogen (secondary N) is 1. The van der Waals surface area contributed by atoms with Gasteiger partial charge in [0.1, 0.15) is 5.52 Å². The molecule has 5 rings (SSSR count). The van der Waals surface area contributed by atoms with Crippen molar-refractivity contribution in [1.82, 2.24) is 9.38 Å². The maximum Gasteiger partial charge on any atom is 0.272 e. The number of carbonyl (C=O) groups is 1. The summed E-state index contributed by atoms with van der Waals surface area (Å²) in [6.45, 7) is 4.02. The Kier molecular flexibility index (Phi) is 4.79. The second kappa shape index (κ2) is 7.45. The van der Waals surface area contributed by atoms with Crippen molar-refractivity contribution in [3.8, 4) is 11.3 Å². The van der Waals surface area contributed by atoms with Crippen molar-refractivity contribution >= 4 is 26.9 Å². The highest BCUT2D eigenvalue weighted by Gasteiger charge is 2.29. The number of hydrogen-bond acceptors (Lipinski definition) is 4. The highest BCUT2D eigenvalue weighted by Crippen LogP contribution is 2.39. The second-order valence-electron chi connectivity index (χ2n) is 8.63. The maximum atomic E-state index is 13.7. The highest BCUT2D eigenvalue weighted by atomic mass is 32.2. The van der Waals surface area contributed by atoms with Crippen molar-refractivity contribution < 1.29 is 13.2 Å². The first kappa shape index (κ1) is 21.2. The molecule has 0 fully saturated rings. The van der Waals surface area contributed by atoms with E-state index >= 15 is 0 Å². The van der Waals surface area contributed by atoms with Gasteiger partial charge in [-0.15, -0.1) is 0 Å². The summed E-state index contributed by atoms with van der Waals surface area (Å²) in [5.74, 6) is -0.270. The van der Waals surface area contributed by atoms with Gasteiger partial charge in [-0.05, 0) is 54.8 Å². The number of benzene rings is 2. The molecule has 1 amide bonds. The fourth-order valence-corrected chi connectivity index (χ4v) is 5.40. The number of anilines is 1. The van der Waals surface area contributed by atoms with E-state index in [1.807, 2.05) is 48.6 Å². The van der Waals surface area contributed by atoms with Crippen LogP contribution in [-0.4, -0.2) is 30.0 Å². The number of carbonyl (C=O) groups excluding carboxylic acids is 1. The Morgan fingerprint density at radius 3 is 2.55 bits per heavy atom. The summed E-state index contributed by atoms with van der Waals surface area (Å²) in [5.41, 5.74) is 6.10. The Morgan fingerprint density at radius 2 is 1.82 bits per heavy atom. The van der Waals surface area contributed by atoms with E-state index in [2.05, 4.69) is 4.98 Å². The average molecular weight is 462 g/mol. The number of hydrogen-bond donors (Lipinski definition) is 1. The number of rotatable bonds is 3. The van der Waals surface area contributed by atoms with Crippen LogP contribution in [-0.2, 0) is 22.1 Å². The van der Waals surface area contributed by atoms with Crippen LogP contribution in [0.5, 0.6) is 0 Å². The summed E-state index contributed by atoms with van der Waals surface area (Å²) in [7, 11) is -3.25. The minimum atomic E-state index is -3.25. The van der Waals surface area contributed by atoms with E-state index in [1.54, 1.807) is 29.3 Å². The van der Waals surface area contributed by atoms with Crippen molar-refractivity contribution in [1.29, 1.82) is 0 Å². The van der Waals surface area contributed by atoms with E-state index in [-0.39, 0.29) is 23.8 Å². The average Bonchev–Trinajstić information content (AvgIpc) is 3.04. The molecule has 33 heavy (non-hydrogen) atoms. The number of nitrogens with zero attached hydrogens (tertiary/aromatic N) is 2. The number of aromatic amines is 1. The fraction of sp³-hybridized carbons (Fsp3) is 0.200. The zero-order valence-corrected chi connectivity index (χ0v) is 19.4. The molecule has 0 atom stereocenters. The summed E-state index contributed by atoms with van der Waals surface area (Å²) in [6.07, 6.45) is 2.83. The Labute approximate surface area is 191 Å². The minimum Gasteiger partial charge on any atom is -0.325 e. The van der Waals surface area contributed by atoms with Crippen molar-refractivity contribution in [2.45, 2.75) is 26.1 Å². The first-order valence-corrected chi connectivity index (χ1v) is 12.6. The van der Waals surface area contributed by atoms with Crippen LogP contribution >= 0.6 is 0 Å². The summed E-state index contributed by atoms with van der Waals surface area (Å²) < 4.78 is 25.8. The van der Waals surface area contributed by atoms with E-state index in [1.165, 1.54) is 6.26 Å². The third kappa shape index (κ3) is 3.56. The van der Waals surface area contributed by atoms with Gasteiger partial charge in [-0.3, -0.25) is 9.59 Å². The molecule has 7 nitrogen and oxygen atoms in total. The standard InChI is InChI=1S/C25H23N3O4S/c1-15-6-4-5-7-19(15)25(30)27-13-18-12-26-24(29)23-16(2)10-22(28(18)23)20-11-17(8-9-21(20)27)14-33(3,31)32/h4-12H,13-14H2,1-3H3,(H,26,29). The normalized spacial score (nSPS) is 13.1. The molecule has 2 aromatic carbocycles. The van der Waals surface area contributed by atoms with Crippen LogP contribution in [0, 0.1) is 13.8 Å². The largest absolute Gasteiger partial charge is 0.325 e. The Hall–Kier alpha value is -3.65. The molecule has 1 aliphatic heterocycles. The third-order valence-corrected chi connectivity index (χ3v) is 6.92. The van der Waals surface area contributed by atoms with Crippen molar-refractivity contribution in [3.63, 3.8) is 0 Å². The summed E-state index contributed by atoms with van der Waals surface area (Å²) in [4.78, 5) is 30.8. The van der Waals surface area contributed by atoms with Crippen LogP contribution in [0.3, 0.4) is 0 Å². The Balaban J connectivity index is 1.80. The van der Waals surface area contributed by atoms with Crippen molar-refractivity contribution in [2.75, 3.05) is 11.2 Å². The molecule has 0 bridgehead atoms. The molecule has 1 N–H and O–H groups in total. The van der Waals surface area contributed by atoms with Gasteiger partial charge in [0.2, 0.25) is 0 Å². The zero-order valence-electron chi connectivity index (χ0n) is 18.5. The molecule has 1 aliphatic rings. The topological polar surface area (TPSA) is 91.7 Å². The number of amides is 1. The molecular formula is C25H23N3O4S. The van der Waals surface area contributed by atoms with E-state index in [9.17, 15) is 18.0 Å². The van der Waals surface area contributed by atoms with E-state index < -0.39 is 9.84 Å². The van der Waals surface area contributed by atoms with Gasteiger partial charge < -0.3 is 14.3 Å². The molecular weight excluding hydrogens is 438 g/mol. The van der Waals surface area contributed by atoms with Crippen LogP contribution < -0.4 is 10.5 Å². The van der Waals surface area contributed by atoms with Gasteiger partial charge in [0.05, 0.1) is 29.4 Å². The number of fused-ring (bicyclic) bond motifs is 2. The van der Waals surface area contributed by atoms with Crippen LogP contribution in [0.4, 0.5) is 5.69 Å². The van der Waals surface area contributed by atoms with Crippen LogP contribution in [0.25, 0.3) is 16.8 Å². The first-order chi connectivity index (χ1) is 15.6. The molecule has 0 saturated carbocycles. The predicted octanol–water partition coefficient (Wildman–Crippen LogP) is 3.62. The lowest BCUT2D eigenvalue weighted by molar-refractivity contribution is 0.0984. The van der Waals surface area contributed by atoms with Gasteiger partial charge in [-0.1, -0.05) is 24.3 Å². The van der Waals surface area contributed by atoms with Gasteiger partial charge in [0.15, 0.2) is 9.84 Å². The molecule has 0 saturated heterocycles. The monoisotopic (exact) mass is 461 g/mol. The summed E-state index contributed by atoms with van der Waals surface area (Å²) >= 11 is 0. The Bertz CT molecular complexity index is 1610. The Morgan fingerprint density at radius 1 is 1.06 bits per heavy atom. The highest BCUT2D eigenvalue weighted by molar-refractivity contribution is 7.89. The van der Waals surface area contributed by atoms with Gasteiger partial charge in [-0.25, -0.2) is 8.42 Å². The first-order valence-electron chi connectivity index (χ1n) is 10.5. The van der Waals surface area contributed by atoms with Gasteiger partial charge in [0.25, 0.3) is 11.5 Å². The van der Waals surface area contributed by atoms with Crippen molar-refractivity contribution in [3.05, 3.63) is 93.0 Å². The van der Waals surface area contributed by atoms with Gasteiger partial charge in [0, 0.05) is 23.6 Å². The number of H-pyrrole nitrogens is 1. The fourth-order valence-electron chi connectivity index (χ4n) is 4.61. The smallest absolute Gasteiger partial charge is 0.272 e. The van der Waals surface area contributed by atoms with Gasteiger partial charge >= 0.3 is 0 Å². The molecule has 0 aliphatic carbocycles. The molecule has 8 heteroatoms. The number of aryl methyl sites for hydroxylation is 2. The minimum absolute atomic E-state index is 0.109. The van der Waals surface area contributed by atoms with E-state index in [0.29, 0.717) is 27.9 Å². The van der Waals surface area contributed by atoms with Crippen LogP contribution in [0.1, 0.15) is 32.7 Å². The molecule has 2 aromatic heterocycles. The summed E-state index contributed by atoms with van der Waals surface area (Å²) in [6, 6.07) is 14.7. The lowest BCUT2D eigenvalue weighted by Gasteiger charge is -2.24. The van der Waals surface area contributed by atoms with E-state index in [4.69, 9.17) is 0 Å². The zero-order chi connectivity index (χ0) is 23.5. The van der Waals surface area contributed by atoms with Crippen LogP contribution in [0.15, 0.2) is 59.5 Å². The third-order valence-electron chi connectivity index (χ3n) is 6.06. The maximum absolute atomic E-state index is 13.7. The quantitative estimate of drug-likeness (QED) is 0.505. The SMILES string of the molecule is Cc1ccccc1C(=O)N1Cc2c[nH]c(=O)c3c(C)cc(n23)-c2cc(CS(C)(=O)=O)ccc21. The molecule has 0 radical (unpaired) electrons. The molecule has 0 unspecified atom stereocenters. The number of aromatic nitrogens is 2. The molecule has 3 heterocycles. The lowest BCUT2D eigenvalue weighted by atomic mass is 10.0. The second-order valence-corrected chi connectivity index (χ2v) is 10.8. The van der Waals surface area contributed by atoms with Crippen LogP contribution in [0.2, 0.25) is 0 Å². The van der Waals surface area contributed by atoms with E-state index in [0.717, 1.165) is 22.5 Å². The molecule has 168 valence electrons. The molecule has 0 spiro atoms. The number of sulfone groups is 1. The summed E-state index contributed by atoms with van der Waals surface area (Å²) in [5, 5.41) is 0. The van der Waals surface area contributed by atoms with Crippen molar-refractivity contribution in [2.24, 2.45) is 0 Å². The molecule has 4 aromatic rings.